The Morgan fingerprint density at radius 1 is 1.21 bits per heavy atom. The Balaban J connectivity index is 1.29. The van der Waals surface area contributed by atoms with E-state index in [4.69, 9.17) is 19.4 Å². The van der Waals surface area contributed by atoms with Crippen molar-refractivity contribution in [3.8, 4) is 22.5 Å². The van der Waals surface area contributed by atoms with Crippen LogP contribution in [0.5, 0.6) is 0 Å². The molecule has 306 valence electrons. The number of nitrogens with one attached hydrogen (secondary N) is 2. The Hall–Kier alpha value is -4.37. The molecule has 0 spiro atoms. The lowest BCUT2D eigenvalue weighted by molar-refractivity contribution is -0.155. The van der Waals surface area contributed by atoms with E-state index in [2.05, 4.69) is 93.2 Å². The summed E-state index contributed by atoms with van der Waals surface area (Å²) < 4.78 is 14.2. The number of likely N-dealkylation sites (tertiary alicyclic amines) is 1. The average Bonchev–Trinajstić information content (AvgIpc) is 3.79. The third kappa shape index (κ3) is 8.06. The second-order valence-electron chi connectivity index (χ2n) is 17.0. The standard InChI is InChI=1S/C43H58N8O5S/c1-10-49-36-16-15-28-19-30(36)31(39(49)29-13-11-17-44-38(29)27(4)55-9)21-43(5,6)24-56-41(53)33-14-12-18-51(47-33)40(52)34(20-37-45-35(28)23-57-37)46-42(54)50-22-32(26(50)3)25(2)48(7)8/h11,13,15-17,19,23,25-27,32-34,47H,10,12,14,18,20-22,24H2,1-9H3,(H,46,54)/t25-,26-,27+,32-,33+,34+/m1/s1. The molecule has 2 saturated heterocycles. The van der Waals surface area contributed by atoms with E-state index in [9.17, 15) is 14.4 Å². The van der Waals surface area contributed by atoms with E-state index < -0.39 is 23.5 Å². The SMILES string of the molecule is CCn1c(-c2cccnc2[C@H](C)OC)c2c3cc(ccc31)-c1csc(n1)C[C@H](NC(=O)N1C[C@H]([C@@H](C)N(C)C)[C@H]1C)C(=O)N1CCC[C@H](N1)C(=O)OCC(C)(C)C2. The number of urea groups is 1. The van der Waals surface area contributed by atoms with Crippen LogP contribution in [-0.4, -0.2) is 112 Å². The van der Waals surface area contributed by atoms with Crippen LogP contribution < -0.4 is 10.7 Å². The fourth-order valence-corrected chi connectivity index (χ4v) is 9.49. The van der Waals surface area contributed by atoms with Gasteiger partial charge in [0.25, 0.3) is 5.91 Å². The maximum Gasteiger partial charge on any atom is 0.324 e. The van der Waals surface area contributed by atoms with E-state index in [1.807, 2.05) is 18.4 Å². The van der Waals surface area contributed by atoms with Crippen molar-refractivity contribution in [2.45, 2.75) is 104 Å². The topological polar surface area (TPSA) is 134 Å². The van der Waals surface area contributed by atoms with E-state index >= 15 is 0 Å². The number of aryl methyl sites for hydroxylation is 1. The summed E-state index contributed by atoms with van der Waals surface area (Å²) in [6.07, 6.45) is 3.56. The van der Waals surface area contributed by atoms with Gasteiger partial charge in [0.05, 0.1) is 34.8 Å². The van der Waals surface area contributed by atoms with Gasteiger partial charge in [0.15, 0.2) is 0 Å². The molecule has 57 heavy (non-hydrogen) atoms. The lowest BCUT2D eigenvalue weighted by Gasteiger charge is -2.50. The summed E-state index contributed by atoms with van der Waals surface area (Å²) in [6.45, 7) is 14.6. The smallest absolute Gasteiger partial charge is 0.324 e. The molecule has 3 amide bonds. The molecule has 6 atom stereocenters. The number of amides is 3. The van der Waals surface area contributed by atoms with Crippen LogP contribution in [0.2, 0.25) is 0 Å². The first-order valence-corrected chi connectivity index (χ1v) is 21.1. The number of ether oxygens (including phenoxy) is 2. The Morgan fingerprint density at radius 3 is 2.72 bits per heavy atom. The summed E-state index contributed by atoms with van der Waals surface area (Å²) in [5.41, 5.74) is 9.65. The van der Waals surface area contributed by atoms with Crippen molar-refractivity contribution in [1.82, 2.24) is 40.1 Å². The molecule has 3 aliphatic heterocycles. The van der Waals surface area contributed by atoms with Gasteiger partial charge in [-0.1, -0.05) is 19.9 Å². The lowest BCUT2D eigenvalue weighted by Crippen LogP contribution is -2.67. The molecule has 2 N–H and O–H groups in total. The molecule has 2 fully saturated rings. The molecule has 6 bridgehead atoms. The molecule has 6 heterocycles. The highest BCUT2D eigenvalue weighted by Crippen LogP contribution is 2.42. The maximum absolute atomic E-state index is 14.3. The predicted octanol–water partition coefficient (Wildman–Crippen LogP) is 6.07. The van der Waals surface area contributed by atoms with Gasteiger partial charge in [-0.15, -0.1) is 11.3 Å². The summed E-state index contributed by atoms with van der Waals surface area (Å²) >= 11 is 1.48. The monoisotopic (exact) mass is 798 g/mol. The zero-order valence-corrected chi connectivity index (χ0v) is 35.6. The number of benzene rings is 1. The van der Waals surface area contributed by atoms with Crippen LogP contribution in [0.15, 0.2) is 41.9 Å². The number of esters is 1. The molecule has 0 radical (unpaired) electrons. The molecular weight excluding hydrogens is 741 g/mol. The van der Waals surface area contributed by atoms with Gasteiger partial charge < -0.3 is 29.2 Å². The van der Waals surface area contributed by atoms with Gasteiger partial charge in [-0.2, -0.15) is 0 Å². The Morgan fingerprint density at radius 2 is 2.00 bits per heavy atom. The first kappa shape index (κ1) is 40.8. The number of nitrogens with zero attached hydrogens (tertiary/aromatic N) is 6. The number of carbonyl (C=O) groups is 3. The minimum atomic E-state index is -0.896. The van der Waals surface area contributed by atoms with Crippen molar-refractivity contribution in [3.63, 3.8) is 0 Å². The second kappa shape index (κ2) is 16.5. The maximum atomic E-state index is 14.3. The zero-order chi connectivity index (χ0) is 40.8. The normalized spacial score (nSPS) is 23.8. The van der Waals surface area contributed by atoms with Crippen LogP contribution in [0.1, 0.15) is 76.8 Å². The number of fused-ring (bicyclic) bond motifs is 6. The zero-order valence-electron chi connectivity index (χ0n) is 34.8. The van der Waals surface area contributed by atoms with Crippen LogP contribution in [0.25, 0.3) is 33.4 Å². The molecule has 0 unspecified atom stereocenters. The summed E-state index contributed by atoms with van der Waals surface area (Å²) in [5, 5.41) is 8.42. The second-order valence-corrected chi connectivity index (χ2v) is 17.9. The van der Waals surface area contributed by atoms with Gasteiger partial charge in [-0.05, 0) is 90.9 Å². The molecule has 1 aromatic carbocycles. The van der Waals surface area contributed by atoms with Crippen molar-refractivity contribution < 1.29 is 23.9 Å². The van der Waals surface area contributed by atoms with Gasteiger partial charge in [-0.25, -0.2) is 15.2 Å². The average molecular weight is 799 g/mol. The van der Waals surface area contributed by atoms with E-state index in [0.29, 0.717) is 44.3 Å². The molecule has 14 heteroatoms. The molecule has 3 aromatic heterocycles. The molecule has 13 nitrogen and oxygen atoms in total. The number of methoxy groups -OCH3 is 1. The van der Waals surface area contributed by atoms with E-state index in [0.717, 1.165) is 56.2 Å². The van der Waals surface area contributed by atoms with Gasteiger partial charge >= 0.3 is 12.0 Å². The quantitative estimate of drug-likeness (QED) is 0.214. The molecule has 0 saturated carbocycles. The van der Waals surface area contributed by atoms with Gasteiger partial charge in [-0.3, -0.25) is 19.6 Å². The number of cyclic esters (lactones) is 1. The minimum Gasteiger partial charge on any atom is -0.464 e. The van der Waals surface area contributed by atoms with E-state index in [-0.39, 0.29) is 37.1 Å². The number of aromatic nitrogens is 3. The van der Waals surface area contributed by atoms with Crippen LogP contribution in [-0.2, 0) is 38.4 Å². The number of hydrogen-bond acceptors (Lipinski definition) is 10. The number of carbonyl (C=O) groups excluding carboxylic acids is 3. The minimum absolute atomic E-state index is 0.0238. The summed E-state index contributed by atoms with van der Waals surface area (Å²) in [6, 6.07) is 9.02. The fraction of sp³-hybridized carbons (Fsp3) is 0.558. The van der Waals surface area contributed by atoms with Crippen molar-refractivity contribution in [1.29, 1.82) is 0 Å². The first-order chi connectivity index (χ1) is 27.2. The number of hydrazine groups is 1. The molecule has 0 aliphatic carbocycles. The van der Waals surface area contributed by atoms with Crippen molar-refractivity contribution in [2.75, 3.05) is 40.9 Å². The van der Waals surface area contributed by atoms with Crippen LogP contribution in [0.4, 0.5) is 4.79 Å². The molecule has 7 rings (SSSR count). The number of thiazole rings is 1. The van der Waals surface area contributed by atoms with Crippen molar-refractivity contribution in [3.05, 3.63) is 58.2 Å². The molecular formula is C43H58N8O5S. The Kier molecular flexibility index (Phi) is 11.8. The Labute approximate surface area is 340 Å². The van der Waals surface area contributed by atoms with Gasteiger partial charge in [0.1, 0.15) is 12.1 Å². The molecule has 4 aromatic rings. The third-order valence-electron chi connectivity index (χ3n) is 12.3. The fourth-order valence-electron chi connectivity index (χ4n) is 8.64. The summed E-state index contributed by atoms with van der Waals surface area (Å²) in [5.74, 6) is -0.371. The van der Waals surface area contributed by atoms with E-state index in [1.165, 1.54) is 16.3 Å². The van der Waals surface area contributed by atoms with Crippen LogP contribution in [0, 0.1) is 11.3 Å². The third-order valence-corrected chi connectivity index (χ3v) is 13.2. The number of pyridine rings is 1. The first-order valence-electron chi connectivity index (χ1n) is 20.3. The highest BCUT2D eigenvalue weighted by Gasteiger charge is 2.44. The summed E-state index contributed by atoms with van der Waals surface area (Å²) in [7, 11) is 5.80. The van der Waals surface area contributed by atoms with Crippen molar-refractivity contribution in [2.24, 2.45) is 11.3 Å². The molecule has 3 aliphatic rings. The largest absolute Gasteiger partial charge is 0.464 e. The van der Waals surface area contributed by atoms with Crippen molar-refractivity contribution >= 4 is 40.1 Å². The number of hydrogen-bond donors (Lipinski definition) is 2. The van der Waals surface area contributed by atoms with Crippen LogP contribution in [0.3, 0.4) is 0 Å². The van der Waals surface area contributed by atoms with E-state index in [1.54, 1.807) is 18.2 Å². The summed E-state index contributed by atoms with van der Waals surface area (Å²) in [4.78, 5) is 55.7. The van der Waals surface area contributed by atoms with Crippen LogP contribution >= 0.6 is 11.3 Å². The Bertz CT molecular complexity index is 2130. The van der Waals surface area contributed by atoms with Gasteiger partial charge in [0, 0.05) is 90.2 Å². The lowest BCUT2D eigenvalue weighted by atomic mass is 9.84. The van der Waals surface area contributed by atoms with Gasteiger partial charge in [0.2, 0.25) is 0 Å². The highest BCUT2D eigenvalue weighted by atomic mass is 32.1. The predicted molar refractivity (Wildman–Crippen MR) is 223 cm³/mol. The number of rotatable bonds is 7. The highest BCUT2D eigenvalue weighted by molar-refractivity contribution is 7.10.